The van der Waals surface area contributed by atoms with Crippen molar-refractivity contribution in [3.8, 4) is 0 Å². The zero-order chi connectivity index (χ0) is 12.5. The molecule has 0 amide bonds. The van der Waals surface area contributed by atoms with Crippen LogP contribution in [0.1, 0.15) is 37.3 Å². The van der Waals surface area contributed by atoms with Gasteiger partial charge in [-0.3, -0.25) is 0 Å². The molecule has 0 aromatic heterocycles. The summed E-state index contributed by atoms with van der Waals surface area (Å²) in [5.74, 6) is 0. The number of hydrogen-bond donors (Lipinski definition) is 0. The second kappa shape index (κ2) is 5.35. The third-order valence-corrected chi connectivity index (χ3v) is 3.92. The SMILES string of the molecule is CC(C)(C)c1ccc(C(Cl)C(Cl)Cl)cc1Cl. The lowest BCUT2D eigenvalue weighted by atomic mass is 9.86. The zero-order valence-electron chi connectivity index (χ0n) is 9.40. The molecule has 0 N–H and O–H groups in total. The largest absolute Gasteiger partial charge is 0.128 e. The van der Waals surface area contributed by atoms with Crippen LogP contribution < -0.4 is 0 Å². The van der Waals surface area contributed by atoms with Gasteiger partial charge in [-0.25, -0.2) is 0 Å². The molecule has 0 bridgehead atoms. The Kier molecular flexibility index (Phi) is 4.83. The van der Waals surface area contributed by atoms with Gasteiger partial charge in [-0.05, 0) is 22.6 Å². The molecule has 90 valence electrons. The Bertz CT molecular complexity index is 366. The van der Waals surface area contributed by atoms with Crippen LogP contribution in [0.2, 0.25) is 5.02 Å². The summed E-state index contributed by atoms with van der Waals surface area (Å²) >= 11 is 23.7. The molecule has 0 aliphatic carbocycles. The summed E-state index contributed by atoms with van der Waals surface area (Å²) in [5.41, 5.74) is 1.94. The van der Waals surface area contributed by atoms with Gasteiger partial charge in [0, 0.05) is 5.02 Å². The van der Waals surface area contributed by atoms with Crippen LogP contribution in [-0.4, -0.2) is 4.84 Å². The molecule has 1 aromatic rings. The highest BCUT2D eigenvalue weighted by Crippen LogP contribution is 2.35. The number of benzene rings is 1. The summed E-state index contributed by atoms with van der Waals surface area (Å²) in [7, 11) is 0. The summed E-state index contributed by atoms with van der Waals surface area (Å²) in [5, 5.41) is 0.263. The molecule has 0 fully saturated rings. The van der Waals surface area contributed by atoms with Gasteiger partial charge in [0.25, 0.3) is 0 Å². The molecule has 0 radical (unpaired) electrons. The Morgan fingerprint density at radius 3 is 2.00 bits per heavy atom. The van der Waals surface area contributed by atoms with Gasteiger partial charge in [-0.1, -0.05) is 44.5 Å². The zero-order valence-corrected chi connectivity index (χ0v) is 12.4. The normalized spacial score (nSPS) is 14.2. The number of halogens is 4. The van der Waals surface area contributed by atoms with Gasteiger partial charge in [0.2, 0.25) is 0 Å². The van der Waals surface area contributed by atoms with E-state index in [0.29, 0.717) is 5.02 Å². The van der Waals surface area contributed by atoms with Crippen molar-refractivity contribution < 1.29 is 0 Å². The number of alkyl halides is 3. The average Bonchev–Trinajstić information content (AvgIpc) is 2.14. The second-order valence-electron chi connectivity index (χ2n) is 4.73. The molecule has 0 aliphatic heterocycles. The first-order chi connectivity index (χ1) is 7.23. The van der Waals surface area contributed by atoms with Crippen molar-refractivity contribution in [2.75, 3.05) is 0 Å². The van der Waals surface area contributed by atoms with Crippen LogP contribution in [0.3, 0.4) is 0 Å². The number of rotatable bonds is 2. The highest BCUT2D eigenvalue weighted by Gasteiger charge is 2.21. The predicted octanol–water partition coefficient (Wildman–Crippen LogP) is 5.72. The molecule has 0 aliphatic rings. The van der Waals surface area contributed by atoms with Crippen LogP contribution >= 0.6 is 46.4 Å². The average molecular weight is 300 g/mol. The predicted molar refractivity (Wildman–Crippen MR) is 74.2 cm³/mol. The molecular weight excluding hydrogens is 286 g/mol. The fourth-order valence-corrected chi connectivity index (χ4v) is 2.36. The van der Waals surface area contributed by atoms with E-state index >= 15 is 0 Å². The molecule has 0 saturated carbocycles. The topological polar surface area (TPSA) is 0 Å². The van der Waals surface area contributed by atoms with Gasteiger partial charge in [0.1, 0.15) is 4.84 Å². The van der Waals surface area contributed by atoms with E-state index in [1.807, 2.05) is 18.2 Å². The maximum absolute atomic E-state index is 6.22. The Labute approximate surface area is 117 Å². The van der Waals surface area contributed by atoms with Crippen molar-refractivity contribution in [2.45, 2.75) is 36.4 Å². The fourth-order valence-electron chi connectivity index (χ4n) is 1.46. The minimum Gasteiger partial charge on any atom is -0.115 e. The Morgan fingerprint density at radius 1 is 1.06 bits per heavy atom. The molecule has 0 spiro atoms. The minimum atomic E-state index is -0.641. The first kappa shape index (κ1) is 14.4. The van der Waals surface area contributed by atoms with Crippen molar-refractivity contribution in [1.82, 2.24) is 0 Å². The molecule has 4 heteroatoms. The molecule has 1 aromatic carbocycles. The maximum Gasteiger partial charge on any atom is 0.128 e. The summed E-state index contributed by atoms with van der Waals surface area (Å²) in [6, 6.07) is 5.72. The lowest BCUT2D eigenvalue weighted by molar-refractivity contribution is 0.590. The first-order valence-corrected chi connectivity index (χ1v) is 6.64. The van der Waals surface area contributed by atoms with E-state index in [1.165, 1.54) is 0 Å². The summed E-state index contributed by atoms with van der Waals surface area (Å²) in [4.78, 5) is -0.641. The third kappa shape index (κ3) is 3.43. The minimum absolute atomic E-state index is 0.0127. The molecule has 0 nitrogen and oxygen atoms in total. The van der Waals surface area contributed by atoms with Crippen molar-refractivity contribution in [3.63, 3.8) is 0 Å². The third-order valence-electron chi connectivity index (χ3n) is 2.34. The van der Waals surface area contributed by atoms with Gasteiger partial charge in [0.05, 0.1) is 5.38 Å². The number of hydrogen-bond acceptors (Lipinski definition) is 0. The van der Waals surface area contributed by atoms with E-state index in [9.17, 15) is 0 Å². The van der Waals surface area contributed by atoms with Crippen LogP contribution in [0.4, 0.5) is 0 Å². The van der Waals surface area contributed by atoms with Gasteiger partial charge >= 0.3 is 0 Å². The molecular formula is C12H14Cl4. The van der Waals surface area contributed by atoms with Crippen molar-refractivity contribution >= 4 is 46.4 Å². The molecule has 16 heavy (non-hydrogen) atoms. The van der Waals surface area contributed by atoms with E-state index < -0.39 is 10.2 Å². The van der Waals surface area contributed by atoms with Crippen molar-refractivity contribution in [2.24, 2.45) is 0 Å². The Hall–Kier alpha value is 0.380. The second-order valence-corrected chi connectivity index (χ2v) is 6.77. The van der Waals surface area contributed by atoms with Gasteiger partial charge in [0.15, 0.2) is 0 Å². The van der Waals surface area contributed by atoms with Crippen LogP contribution in [0.15, 0.2) is 18.2 Å². The smallest absolute Gasteiger partial charge is 0.115 e. The van der Waals surface area contributed by atoms with Crippen LogP contribution in [-0.2, 0) is 5.41 Å². The van der Waals surface area contributed by atoms with E-state index in [-0.39, 0.29) is 5.41 Å². The summed E-state index contributed by atoms with van der Waals surface area (Å²) in [6.07, 6.45) is 0. The molecule has 1 atom stereocenters. The maximum atomic E-state index is 6.22. The standard InChI is InChI=1S/C12H14Cl4/c1-12(2,3)8-5-4-7(6-9(8)13)10(14)11(15)16/h4-6,10-11H,1-3H3. The van der Waals surface area contributed by atoms with Crippen LogP contribution in [0.5, 0.6) is 0 Å². The monoisotopic (exact) mass is 298 g/mol. The first-order valence-electron chi connectivity index (χ1n) is 4.95. The molecule has 1 rings (SSSR count). The Balaban J connectivity index is 3.09. The van der Waals surface area contributed by atoms with Gasteiger partial charge in [-0.15, -0.1) is 34.8 Å². The molecule has 0 saturated heterocycles. The fraction of sp³-hybridized carbons (Fsp3) is 0.500. The lowest BCUT2D eigenvalue weighted by Crippen LogP contribution is -2.12. The quantitative estimate of drug-likeness (QED) is 0.613. The molecule has 1 unspecified atom stereocenters. The Morgan fingerprint density at radius 2 is 1.62 bits per heavy atom. The molecule has 0 heterocycles. The van der Waals surface area contributed by atoms with Crippen LogP contribution in [0, 0.1) is 0 Å². The highest BCUT2D eigenvalue weighted by atomic mass is 35.5. The summed E-state index contributed by atoms with van der Waals surface area (Å²) in [6.45, 7) is 6.33. The van der Waals surface area contributed by atoms with Gasteiger partial charge < -0.3 is 0 Å². The van der Waals surface area contributed by atoms with E-state index in [2.05, 4.69) is 20.8 Å². The highest BCUT2D eigenvalue weighted by molar-refractivity contribution is 6.48. The van der Waals surface area contributed by atoms with Crippen molar-refractivity contribution in [3.05, 3.63) is 34.3 Å². The van der Waals surface area contributed by atoms with E-state index in [4.69, 9.17) is 46.4 Å². The lowest BCUT2D eigenvalue weighted by Gasteiger charge is -2.22. The summed E-state index contributed by atoms with van der Waals surface area (Å²) < 4.78 is 0. The van der Waals surface area contributed by atoms with Crippen molar-refractivity contribution in [1.29, 1.82) is 0 Å². The van der Waals surface area contributed by atoms with E-state index in [1.54, 1.807) is 0 Å². The van der Waals surface area contributed by atoms with E-state index in [0.717, 1.165) is 11.1 Å². The van der Waals surface area contributed by atoms with Gasteiger partial charge in [-0.2, -0.15) is 0 Å². The van der Waals surface area contributed by atoms with Crippen LogP contribution in [0.25, 0.3) is 0 Å².